The number of ether oxygens (including phenoxy) is 2. The van der Waals surface area contributed by atoms with E-state index in [1.165, 1.54) is 0 Å². The lowest BCUT2D eigenvalue weighted by atomic mass is 9.88. The Hall–Kier alpha value is -1.06. The van der Waals surface area contributed by atoms with Gasteiger partial charge in [0.2, 0.25) is 0 Å². The van der Waals surface area contributed by atoms with Gasteiger partial charge in [-0.05, 0) is 38.0 Å². The Morgan fingerprint density at radius 3 is 2.40 bits per heavy atom. The lowest BCUT2D eigenvalue weighted by molar-refractivity contribution is -0.144. The van der Waals surface area contributed by atoms with Crippen LogP contribution in [-0.4, -0.2) is 25.1 Å². The first kappa shape index (κ1) is 17.0. The quantitative estimate of drug-likeness (QED) is 0.726. The summed E-state index contributed by atoms with van der Waals surface area (Å²) in [5.41, 5.74) is 0.0956. The first-order chi connectivity index (χ1) is 9.52. The number of benzene rings is 1. The van der Waals surface area contributed by atoms with Crippen LogP contribution >= 0.6 is 11.6 Å². The minimum atomic E-state index is -0.706. The van der Waals surface area contributed by atoms with Crippen LogP contribution in [0.5, 0.6) is 5.75 Å². The maximum atomic E-state index is 12.6. The molecule has 0 saturated carbocycles. The van der Waals surface area contributed by atoms with Gasteiger partial charge in [0, 0.05) is 23.6 Å². The molecule has 0 aliphatic heterocycles. The second-order valence-electron chi connectivity index (χ2n) is 4.69. The summed E-state index contributed by atoms with van der Waals surface area (Å²) < 4.78 is 11.0. The highest BCUT2D eigenvalue weighted by Crippen LogP contribution is 2.28. The van der Waals surface area contributed by atoms with Gasteiger partial charge in [-0.15, -0.1) is 0 Å². The SMILES string of the molecule is CCOC(CC)(CC)C(=O)Cc1cc(Cl)ccc1OC. The predicted octanol–water partition coefficient (Wildman–Crippen LogP) is 4.06. The predicted molar refractivity (Wildman–Crippen MR) is 81.7 cm³/mol. The summed E-state index contributed by atoms with van der Waals surface area (Å²) in [5, 5.41) is 0.601. The van der Waals surface area contributed by atoms with E-state index in [9.17, 15) is 4.79 Å². The van der Waals surface area contributed by atoms with Crippen molar-refractivity contribution in [2.24, 2.45) is 0 Å². The molecule has 20 heavy (non-hydrogen) atoms. The topological polar surface area (TPSA) is 35.5 Å². The molecule has 0 heterocycles. The summed E-state index contributed by atoms with van der Waals surface area (Å²) in [5.74, 6) is 0.755. The number of carbonyl (C=O) groups is 1. The zero-order valence-electron chi connectivity index (χ0n) is 12.7. The van der Waals surface area contributed by atoms with Crippen molar-refractivity contribution < 1.29 is 14.3 Å². The maximum Gasteiger partial charge on any atom is 0.169 e. The van der Waals surface area contributed by atoms with Crippen molar-refractivity contribution in [2.45, 2.75) is 45.6 Å². The Kier molecular flexibility index (Phi) is 6.50. The second-order valence-corrected chi connectivity index (χ2v) is 5.13. The van der Waals surface area contributed by atoms with Gasteiger partial charge in [0.1, 0.15) is 11.4 Å². The summed E-state index contributed by atoms with van der Waals surface area (Å²) >= 11 is 6.00. The minimum Gasteiger partial charge on any atom is -0.496 e. The first-order valence-corrected chi connectivity index (χ1v) is 7.40. The Morgan fingerprint density at radius 2 is 1.90 bits per heavy atom. The van der Waals surface area contributed by atoms with E-state index in [-0.39, 0.29) is 12.2 Å². The molecule has 0 aromatic heterocycles. The lowest BCUT2D eigenvalue weighted by Gasteiger charge is -2.30. The zero-order valence-corrected chi connectivity index (χ0v) is 13.4. The molecule has 0 N–H and O–H groups in total. The monoisotopic (exact) mass is 298 g/mol. The van der Waals surface area contributed by atoms with Crippen molar-refractivity contribution in [3.05, 3.63) is 28.8 Å². The Bertz CT molecular complexity index is 453. The summed E-state index contributed by atoms with van der Waals surface area (Å²) in [6, 6.07) is 5.31. The molecule has 0 saturated heterocycles. The summed E-state index contributed by atoms with van der Waals surface area (Å²) in [7, 11) is 1.59. The van der Waals surface area contributed by atoms with E-state index in [2.05, 4.69) is 0 Å². The van der Waals surface area contributed by atoms with Gasteiger partial charge in [-0.3, -0.25) is 4.79 Å². The van der Waals surface area contributed by atoms with Crippen LogP contribution < -0.4 is 4.74 Å². The molecule has 3 nitrogen and oxygen atoms in total. The van der Waals surface area contributed by atoms with Crippen LogP contribution in [0.3, 0.4) is 0 Å². The fraction of sp³-hybridized carbons (Fsp3) is 0.562. The molecule has 0 bridgehead atoms. The van der Waals surface area contributed by atoms with E-state index in [0.717, 1.165) is 5.56 Å². The van der Waals surface area contributed by atoms with Crippen molar-refractivity contribution in [3.8, 4) is 5.75 Å². The molecule has 0 spiro atoms. The van der Waals surface area contributed by atoms with E-state index in [0.29, 0.717) is 30.2 Å². The van der Waals surface area contributed by atoms with Gasteiger partial charge in [0.15, 0.2) is 5.78 Å². The number of ketones is 1. The van der Waals surface area contributed by atoms with Gasteiger partial charge in [-0.1, -0.05) is 25.4 Å². The summed E-state index contributed by atoms with van der Waals surface area (Å²) in [6.07, 6.45) is 1.60. The van der Waals surface area contributed by atoms with E-state index >= 15 is 0 Å². The van der Waals surface area contributed by atoms with Crippen LogP contribution in [0.2, 0.25) is 5.02 Å². The second kappa shape index (κ2) is 7.65. The molecule has 1 aromatic rings. The Morgan fingerprint density at radius 1 is 1.25 bits per heavy atom. The average Bonchev–Trinajstić information content (AvgIpc) is 2.45. The third kappa shape index (κ3) is 3.74. The normalized spacial score (nSPS) is 11.4. The van der Waals surface area contributed by atoms with Gasteiger partial charge < -0.3 is 9.47 Å². The number of methoxy groups -OCH3 is 1. The zero-order chi connectivity index (χ0) is 15.2. The van der Waals surface area contributed by atoms with Crippen molar-refractivity contribution in [2.75, 3.05) is 13.7 Å². The van der Waals surface area contributed by atoms with Crippen molar-refractivity contribution >= 4 is 17.4 Å². The minimum absolute atomic E-state index is 0.0740. The molecular weight excluding hydrogens is 276 g/mol. The van der Waals surface area contributed by atoms with Crippen LogP contribution in [0.25, 0.3) is 0 Å². The molecule has 0 amide bonds. The molecule has 0 atom stereocenters. The van der Waals surface area contributed by atoms with E-state index in [1.807, 2.05) is 20.8 Å². The summed E-state index contributed by atoms with van der Waals surface area (Å²) in [4.78, 5) is 12.6. The molecule has 0 aliphatic carbocycles. The summed E-state index contributed by atoms with van der Waals surface area (Å²) in [6.45, 7) is 6.39. The van der Waals surface area contributed by atoms with Crippen molar-refractivity contribution in [1.82, 2.24) is 0 Å². The molecular formula is C16H23ClO3. The van der Waals surface area contributed by atoms with Crippen LogP contribution in [0.15, 0.2) is 18.2 Å². The Balaban J connectivity index is 3.01. The third-order valence-electron chi connectivity index (χ3n) is 3.66. The highest BCUT2D eigenvalue weighted by molar-refractivity contribution is 6.30. The lowest BCUT2D eigenvalue weighted by Crippen LogP contribution is -2.41. The highest BCUT2D eigenvalue weighted by Gasteiger charge is 2.35. The number of rotatable bonds is 8. The van der Waals surface area contributed by atoms with Crippen LogP contribution in [0.1, 0.15) is 39.2 Å². The molecule has 1 aromatic carbocycles. The largest absolute Gasteiger partial charge is 0.496 e. The molecule has 0 aliphatic rings. The first-order valence-electron chi connectivity index (χ1n) is 7.02. The molecule has 112 valence electrons. The van der Waals surface area contributed by atoms with Crippen molar-refractivity contribution in [1.29, 1.82) is 0 Å². The molecule has 0 unspecified atom stereocenters. The van der Waals surface area contributed by atoms with E-state index < -0.39 is 5.60 Å². The number of carbonyl (C=O) groups excluding carboxylic acids is 1. The smallest absolute Gasteiger partial charge is 0.169 e. The number of hydrogen-bond donors (Lipinski definition) is 0. The van der Waals surface area contributed by atoms with Gasteiger partial charge in [-0.2, -0.15) is 0 Å². The fourth-order valence-corrected chi connectivity index (χ4v) is 2.62. The highest BCUT2D eigenvalue weighted by atomic mass is 35.5. The van der Waals surface area contributed by atoms with Crippen LogP contribution in [0.4, 0.5) is 0 Å². The maximum absolute atomic E-state index is 12.6. The standard InChI is InChI=1S/C16H23ClO3/c1-5-16(6-2,20-7-3)15(18)11-12-10-13(17)8-9-14(12)19-4/h8-10H,5-7,11H2,1-4H3. The number of hydrogen-bond acceptors (Lipinski definition) is 3. The fourth-order valence-electron chi connectivity index (χ4n) is 2.42. The molecule has 4 heteroatoms. The third-order valence-corrected chi connectivity index (χ3v) is 3.90. The van der Waals surface area contributed by atoms with Crippen LogP contribution in [0, 0.1) is 0 Å². The van der Waals surface area contributed by atoms with Crippen molar-refractivity contribution in [3.63, 3.8) is 0 Å². The van der Waals surface area contributed by atoms with Gasteiger partial charge in [0.25, 0.3) is 0 Å². The molecule has 1 rings (SSSR count). The van der Waals surface area contributed by atoms with E-state index in [4.69, 9.17) is 21.1 Å². The number of Topliss-reactive ketones (excluding diaryl/α,β-unsaturated/α-hetero) is 1. The molecule has 0 radical (unpaired) electrons. The average molecular weight is 299 g/mol. The Labute approximate surface area is 126 Å². The van der Waals surface area contributed by atoms with Gasteiger partial charge in [0.05, 0.1) is 7.11 Å². The van der Waals surface area contributed by atoms with E-state index in [1.54, 1.807) is 25.3 Å². The van der Waals surface area contributed by atoms with Gasteiger partial charge >= 0.3 is 0 Å². The number of halogens is 1. The van der Waals surface area contributed by atoms with Crippen LogP contribution in [-0.2, 0) is 16.0 Å². The van der Waals surface area contributed by atoms with Gasteiger partial charge in [-0.25, -0.2) is 0 Å². The molecule has 0 fully saturated rings.